The van der Waals surface area contributed by atoms with Crippen LogP contribution in [-0.2, 0) is 0 Å². The Hall–Kier alpha value is -3.61. The first-order valence-electron chi connectivity index (χ1n) is 8.91. The molecule has 7 nitrogen and oxygen atoms in total. The monoisotopic (exact) mass is 378 g/mol. The molecule has 28 heavy (non-hydrogen) atoms. The Balaban J connectivity index is 1.39. The third-order valence-electron chi connectivity index (χ3n) is 4.29. The van der Waals surface area contributed by atoms with Crippen molar-refractivity contribution >= 4 is 5.91 Å². The number of fused-ring (bicyclic) bond motifs is 1. The SMILES string of the molecule is CCOc1ccc(-c2ccc(OC[C@@H]3Oc4nc(=O)ccn4C3=O)cc2)cc1. The Morgan fingerprint density at radius 1 is 0.929 bits per heavy atom. The van der Waals surface area contributed by atoms with Gasteiger partial charge in [-0.25, -0.2) is 4.57 Å². The van der Waals surface area contributed by atoms with Crippen LogP contribution in [0.4, 0.5) is 0 Å². The molecule has 2 heterocycles. The molecule has 0 amide bonds. The Morgan fingerprint density at radius 2 is 1.54 bits per heavy atom. The van der Waals surface area contributed by atoms with Crippen LogP contribution in [0.15, 0.2) is 65.6 Å². The standard InChI is InChI=1S/C21H18N2O5/c1-2-26-16-7-3-14(4-8-16)15-5-9-17(10-6-15)27-13-18-20(25)23-12-11-19(24)22-21(23)28-18/h3-12,18H,2,13H2,1H3/t18-/m0/s1. The van der Waals surface area contributed by atoms with Gasteiger partial charge in [0.15, 0.2) is 0 Å². The fraction of sp³-hybridized carbons (Fsp3) is 0.190. The Bertz CT molecular complexity index is 1040. The molecule has 0 bridgehead atoms. The Morgan fingerprint density at radius 3 is 2.14 bits per heavy atom. The van der Waals surface area contributed by atoms with Crippen molar-refractivity contribution in [3.8, 4) is 28.6 Å². The number of benzene rings is 2. The van der Waals surface area contributed by atoms with Gasteiger partial charge < -0.3 is 14.2 Å². The van der Waals surface area contributed by atoms with Gasteiger partial charge in [0.25, 0.3) is 11.5 Å². The maximum absolute atomic E-state index is 12.2. The van der Waals surface area contributed by atoms with Gasteiger partial charge in [0, 0.05) is 12.3 Å². The minimum Gasteiger partial charge on any atom is -0.494 e. The summed E-state index contributed by atoms with van der Waals surface area (Å²) < 4.78 is 17.8. The third-order valence-corrected chi connectivity index (χ3v) is 4.29. The number of carbonyl (C=O) groups is 1. The van der Waals surface area contributed by atoms with Crippen molar-refractivity contribution in [2.45, 2.75) is 13.0 Å². The highest BCUT2D eigenvalue weighted by Crippen LogP contribution is 2.25. The molecular weight excluding hydrogens is 360 g/mol. The van der Waals surface area contributed by atoms with Crippen molar-refractivity contribution in [2.75, 3.05) is 13.2 Å². The lowest BCUT2D eigenvalue weighted by Gasteiger charge is -2.11. The summed E-state index contributed by atoms with van der Waals surface area (Å²) in [6.45, 7) is 2.61. The van der Waals surface area contributed by atoms with Crippen molar-refractivity contribution in [3.05, 3.63) is 71.1 Å². The number of hydrogen-bond donors (Lipinski definition) is 0. The van der Waals surface area contributed by atoms with Crippen molar-refractivity contribution in [1.82, 2.24) is 9.55 Å². The summed E-state index contributed by atoms with van der Waals surface area (Å²) in [5.41, 5.74) is 1.65. The van der Waals surface area contributed by atoms with Gasteiger partial charge in [0.2, 0.25) is 6.10 Å². The van der Waals surface area contributed by atoms with Crippen molar-refractivity contribution in [3.63, 3.8) is 0 Å². The summed E-state index contributed by atoms with van der Waals surface area (Å²) in [7, 11) is 0. The molecule has 0 radical (unpaired) electrons. The van der Waals surface area contributed by atoms with Gasteiger partial charge in [-0.15, -0.1) is 0 Å². The summed E-state index contributed by atoms with van der Waals surface area (Å²) >= 11 is 0. The molecule has 142 valence electrons. The van der Waals surface area contributed by atoms with Gasteiger partial charge in [-0.1, -0.05) is 24.3 Å². The lowest BCUT2D eigenvalue weighted by molar-refractivity contribution is 0.0726. The van der Waals surface area contributed by atoms with E-state index in [4.69, 9.17) is 14.2 Å². The first kappa shape index (κ1) is 17.8. The van der Waals surface area contributed by atoms with Crippen molar-refractivity contribution in [1.29, 1.82) is 0 Å². The third kappa shape index (κ3) is 3.59. The molecule has 0 unspecified atom stereocenters. The smallest absolute Gasteiger partial charge is 0.307 e. The Kier molecular flexibility index (Phi) is 4.80. The average Bonchev–Trinajstić information content (AvgIpc) is 3.02. The van der Waals surface area contributed by atoms with Gasteiger partial charge in [-0.2, -0.15) is 4.98 Å². The van der Waals surface area contributed by atoms with E-state index in [1.165, 1.54) is 16.8 Å². The summed E-state index contributed by atoms with van der Waals surface area (Å²) in [5.74, 6) is 1.14. The molecular formula is C21H18N2O5. The molecule has 1 atom stereocenters. The lowest BCUT2D eigenvalue weighted by atomic mass is 10.1. The summed E-state index contributed by atoms with van der Waals surface area (Å²) in [6, 6.07) is 16.6. The fourth-order valence-electron chi connectivity index (χ4n) is 2.90. The highest BCUT2D eigenvalue weighted by molar-refractivity contribution is 5.86. The van der Waals surface area contributed by atoms with Gasteiger partial charge >= 0.3 is 6.01 Å². The maximum atomic E-state index is 12.2. The molecule has 3 aromatic rings. The topological polar surface area (TPSA) is 79.7 Å². The first-order valence-corrected chi connectivity index (χ1v) is 8.91. The van der Waals surface area contributed by atoms with Crippen LogP contribution in [0.2, 0.25) is 0 Å². The molecule has 1 aliphatic heterocycles. The fourth-order valence-corrected chi connectivity index (χ4v) is 2.90. The molecule has 0 N–H and O–H groups in total. The van der Waals surface area contributed by atoms with Crippen LogP contribution >= 0.6 is 0 Å². The van der Waals surface area contributed by atoms with Gasteiger partial charge in [-0.3, -0.25) is 9.59 Å². The molecule has 2 aromatic carbocycles. The minimum absolute atomic E-state index is 0.00283. The minimum atomic E-state index is -0.833. The van der Waals surface area contributed by atoms with E-state index in [0.29, 0.717) is 12.4 Å². The highest BCUT2D eigenvalue weighted by Gasteiger charge is 2.33. The number of rotatable bonds is 6. The maximum Gasteiger partial charge on any atom is 0.307 e. The summed E-state index contributed by atoms with van der Waals surface area (Å²) in [6.07, 6.45) is 0.526. The molecule has 0 aliphatic carbocycles. The van der Waals surface area contributed by atoms with E-state index >= 15 is 0 Å². The van der Waals surface area contributed by atoms with Gasteiger partial charge in [0.05, 0.1) is 6.61 Å². The second-order valence-corrected chi connectivity index (χ2v) is 6.16. The quantitative estimate of drug-likeness (QED) is 0.656. The van der Waals surface area contributed by atoms with Gasteiger partial charge in [-0.05, 0) is 42.3 Å². The number of hydrogen-bond acceptors (Lipinski definition) is 6. The van der Waals surface area contributed by atoms with E-state index < -0.39 is 11.7 Å². The van der Waals surface area contributed by atoms with Crippen LogP contribution in [0.5, 0.6) is 17.5 Å². The van der Waals surface area contributed by atoms with Crippen molar-refractivity contribution < 1.29 is 19.0 Å². The number of nitrogens with zero attached hydrogens (tertiary/aromatic N) is 2. The predicted molar refractivity (Wildman–Crippen MR) is 102 cm³/mol. The number of aromatic nitrogens is 2. The van der Waals surface area contributed by atoms with E-state index in [1.54, 1.807) is 0 Å². The van der Waals surface area contributed by atoms with E-state index in [9.17, 15) is 9.59 Å². The van der Waals surface area contributed by atoms with Crippen LogP contribution in [0.25, 0.3) is 11.1 Å². The lowest BCUT2D eigenvalue weighted by Crippen LogP contribution is -2.30. The molecule has 1 aliphatic rings. The van der Waals surface area contributed by atoms with E-state index in [-0.39, 0.29) is 18.5 Å². The van der Waals surface area contributed by atoms with Crippen LogP contribution in [0, 0.1) is 0 Å². The zero-order valence-corrected chi connectivity index (χ0v) is 15.2. The second-order valence-electron chi connectivity index (χ2n) is 6.16. The Labute approximate surface area is 161 Å². The summed E-state index contributed by atoms with van der Waals surface area (Å²) in [4.78, 5) is 27.2. The normalized spacial score (nSPS) is 15.0. The molecule has 0 spiro atoms. The largest absolute Gasteiger partial charge is 0.494 e. The molecule has 0 fully saturated rings. The first-order chi connectivity index (χ1) is 13.6. The van der Waals surface area contributed by atoms with E-state index in [1.807, 2.05) is 55.5 Å². The predicted octanol–water partition coefficient (Wildman–Crippen LogP) is 2.79. The molecule has 4 rings (SSSR count). The average molecular weight is 378 g/mol. The molecule has 1 aromatic heterocycles. The van der Waals surface area contributed by atoms with E-state index in [0.717, 1.165) is 16.9 Å². The second kappa shape index (κ2) is 7.56. The zero-order valence-electron chi connectivity index (χ0n) is 15.2. The van der Waals surface area contributed by atoms with Crippen molar-refractivity contribution in [2.24, 2.45) is 0 Å². The highest BCUT2D eigenvalue weighted by atomic mass is 16.6. The number of carbonyl (C=O) groups excluding carboxylic acids is 1. The van der Waals surface area contributed by atoms with Crippen LogP contribution in [0.1, 0.15) is 11.7 Å². The van der Waals surface area contributed by atoms with Crippen LogP contribution in [-0.4, -0.2) is 34.8 Å². The van der Waals surface area contributed by atoms with Crippen LogP contribution < -0.4 is 19.8 Å². The number of ether oxygens (including phenoxy) is 3. The summed E-state index contributed by atoms with van der Waals surface area (Å²) in [5, 5.41) is 0. The molecule has 0 saturated carbocycles. The molecule has 7 heteroatoms. The van der Waals surface area contributed by atoms with Crippen LogP contribution in [0.3, 0.4) is 0 Å². The zero-order chi connectivity index (χ0) is 19.5. The van der Waals surface area contributed by atoms with Gasteiger partial charge in [0.1, 0.15) is 18.1 Å². The van der Waals surface area contributed by atoms with E-state index in [2.05, 4.69) is 4.98 Å². The molecule has 0 saturated heterocycles.